The third kappa shape index (κ3) is 8.49. The zero-order valence-corrected chi connectivity index (χ0v) is 17.4. The van der Waals surface area contributed by atoms with Crippen LogP contribution in [-0.4, -0.2) is 0 Å². The highest BCUT2D eigenvalue weighted by molar-refractivity contribution is 5.26. The molecule has 2 aliphatic carbocycles. The van der Waals surface area contributed by atoms with E-state index in [1.165, 1.54) is 89.9 Å². The maximum Gasteiger partial charge on any atom is 0.0206 e. The zero-order chi connectivity index (χ0) is 18.5. The van der Waals surface area contributed by atoms with Gasteiger partial charge in [-0.25, -0.2) is 0 Å². The molecule has 2 fully saturated rings. The Labute approximate surface area is 163 Å². The molecule has 0 aromatic heterocycles. The Kier molecular flexibility index (Phi) is 10.7. The fourth-order valence-corrected chi connectivity index (χ4v) is 4.59. The van der Waals surface area contributed by atoms with E-state index >= 15 is 0 Å². The lowest BCUT2D eigenvalue weighted by molar-refractivity contribution is 0.294. The van der Waals surface area contributed by atoms with Crippen LogP contribution < -0.4 is 0 Å². The molecule has 0 spiro atoms. The highest BCUT2D eigenvalue weighted by Crippen LogP contribution is 2.32. The van der Waals surface area contributed by atoms with Crippen molar-refractivity contribution in [2.45, 2.75) is 104 Å². The summed E-state index contributed by atoms with van der Waals surface area (Å²) in [6.07, 6.45) is 23.1. The SMILES string of the molecule is CCCCCCC1CCC(C#C/C=C/C#CC2CCC(CC)CC2)CC1. The second kappa shape index (κ2) is 13.1. The van der Waals surface area contributed by atoms with Crippen LogP contribution in [0.4, 0.5) is 0 Å². The summed E-state index contributed by atoms with van der Waals surface area (Å²) in [6, 6.07) is 0. The van der Waals surface area contributed by atoms with Crippen LogP contribution >= 0.6 is 0 Å². The molecule has 0 atom stereocenters. The van der Waals surface area contributed by atoms with Crippen molar-refractivity contribution in [3.05, 3.63) is 12.2 Å². The summed E-state index contributed by atoms with van der Waals surface area (Å²) in [4.78, 5) is 0. The largest absolute Gasteiger partial charge is 0.0951 e. The van der Waals surface area contributed by atoms with Gasteiger partial charge in [0, 0.05) is 11.8 Å². The minimum absolute atomic E-state index is 0.628. The van der Waals surface area contributed by atoms with E-state index in [2.05, 4.69) is 37.5 Å². The first-order valence-electron chi connectivity index (χ1n) is 11.5. The normalized spacial score (nSPS) is 28.8. The molecule has 0 N–H and O–H groups in total. The van der Waals surface area contributed by atoms with Gasteiger partial charge >= 0.3 is 0 Å². The second-order valence-corrected chi connectivity index (χ2v) is 8.60. The minimum Gasteiger partial charge on any atom is -0.0951 e. The summed E-state index contributed by atoms with van der Waals surface area (Å²) in [6.45, 7) is 4.61. The highest BCUT2D eigenvalue weighted by atomic mass is 14.2. The van der Waals surface area contributed by atoms with Crippen LogP contribution in [0.5, 0.6) is 0 Å². The third-order valence-corrected chi connectivity index (χ3v) is 6.56. The van der Waals surface area contributed by atoms with E-state index < -0.39 is 0 Å². The zero-order valence-electron chi connectivity index (χ0n) is 17.4. The van der Waals surface area contributed by atoms with Gasteiger partial charge in [0.15, 0.2) is 0 Å². The molecule has 0 radical (unpaired) electrons. The lowest BCUT2D eigenvalue weighted by atomic mass is 9.80. The molecule has 2 saturated carbocycles. The molecule has 0 heteroatoms. The van der Waals surface area contributed by atoms with Crippen LogP contribution in [0, 0.1) is 47.4 Å². The van der Waals surface area contributed by atoms with Gasteiger partial charge in [-0.05, 0) is 75.4 Å². The number of rotatable bonds is 6. The Bertz CT molecular complexity index is 502. The summed E-state index contributed by atoms with van der Waals surface area (Å²) in [5, 5.41) is 0. The molecule has 0 amide bonds. The molecule has 0 unspecified atom stereocenters. The Morgan fingerprint density at radius 3 is 1.69 bits per heavy atom. The van der Waals surface area contributed by atoms with Gasteiger partial charge < -0.3 is 0 Å². The summed E-state index contributed by atoms with van der Waals surface area (Å²) in [5.41, 5.74) is 0. The van der Waals surface area contributed by atoms with E-state index in [9.17, 15) is 0 Å². The van der Waals surface area contributed by atoms with Crippen LogP contribution in [0.15, 0.2) is 12.2 Å². The summed E-state index contributed by atoms with van der Waals surface area (Å²) >= 11 is 0. The standard InChI is InChI=1S/C26H40/c1-3-5-6-9-12-25-19-21-26(22-20-25)14-11-8-7-10-13-24-17-15-23(4-2)16-18-24/h7-8,23-26H,3-6,9,12,15-22H2,1-2H3/b8-7+. The van der Waals surface area contributed by atoms with Crippen LogP contribution in [-0.2, 0) is 0 Å². The van der Waals surface area contributed by atoms with Crippen LogP contribution in [0.1, 0.15) is 104 Å². The quantitative estimate of drug-likeness (QED) is 0.342. The summed E-state index contributed by atoms with van der Waals surface area (Å²) in [5.74, 6) is 16.6. The van der Waals surface area contributed by atoms with E-state index in [1.807, 2.05) is 12.2 Å². The van der Waals surface area contributed by atoms with Crippen molar-refractivity contribution >= 4 is 0 Å². The van der Waals surface area contributed by atoms with Crippen molar-refractivity contribution in [2.24, 2.45) is 23.7 Å². The molecule has 0 bridgehead atoms. The minimum atomic E-state index is 0.628. The number of hydrogen-bond acceptors (Lipinski definition) is 0. The Balaban J connectivity index is 1.59. The van der Waals surface area contributed by atoms with Gasteiger partial charge in [0.05, 0.1) is 0 Å². The average Bonchev–Trinajstić information content (AvgIpc) is 2.69. The van der Waals surface area contributed by atoms with Crippen LogP contribution in [0.3, 0.4) is 0 Å². The Hall–Kier alpha value is -1.14. The van der Waals surface area contributed by atoms with Gasteiger partial charge in [-0.1, -0.05) is 76.1 Å². The maximum absolute atomic E-state index is 3.47. The number of unbranched alkanes of at least 4 members (excludes halogenated alkanes) is 3. The monoisotopic (exact) mass is 352 g/mol. The van der Waals surface area contributed by atoms with Crippen LogP contribution in [0.25, 0.3) is 0 Å². The van der Waals surface area contributed by atoms with E-state index in [4.69, 9.17) is 0 Å². The number of allylic oxidation sites excluding steroid dienone is 2. The average molecular weight is 353 g/mol. The molecule has 0 aromatic carbocycles. The summed E-state index contributed by atoms with van der Waals surface area (Å²) in [7, 11) is 0. The highest BCUT2D eigenvalue weighted by Gasteiger charge is 2.19. The summed E-state index contributed by atoms with van der Waals surface area (Å²) < 4.78 is 0. The van der Waals surface area contributed by atoms with Crippen molar-refractivity contribution in [3.8, 4) is 23.7 Å². The second-order valence-electron chi connectivity index (χ2n) is 8.60. The molecular weight excluding hydrogens is 312 g/mol. The van der Waals surface area contributed by atoms with Crippen molar-refractivity contribution in [2.75, 3.05) is 0 Å². The van der Waals surface area contributed by atoms with Gasteiger partial charge in [0.2, 0.25) is 0 Å². The molecule has 0 aromatic rings. The van der Waals surface area contributed by atoms with E-state index in [1.54, 1.807) is 0 Å². The molecule has 0 saturated heterocycles. The fraction of sp³-hybridized carbons (Fsp3) is 0.769. The molecule has 144 valence electrons. The molecule has 2 aliphatic rings. The fourth-order valence-electron chi connectivity index (χ4n) is 4.59. The van der Waals surface area contributed by atoms with Crippen LogP contribution in [0.2, 0.25) is 0 Å². The van der Waals surface area contributed by atoms with Gasteiger partial charge in [0.25, 0.3) is 0 Å². The first-order valence-corrected chi connectivity index (χ1v) is 11.5. The first-order chi connectivity index (χ1) is 12.8. The van der Waals surface area contributed by atoms with Gasteiger partial charge in [-0.15, -0.1) is 0 Å². The maximum atomic E-state index is 3.47. The smallest absolute Gasteiger partial charge is 0.0206 e. The van der Waals surface area contributed by atoms with E-state index in [-0.39, 0.29) is 0 Å². The third-order valence-electron chi connectivity index (χ3n) is 6.56. The van der Waals surface area contributed by atoms with E-state index in [0.29, 0.717) is 11.8 Å². The Morgan fingerprint density at radius 1 is 0.654 bits per heavy atom. The Morgan fingerprint density at radius 2 is 1.19 bits per heavy atom. The molecule has 0 aliphatic heterocycles. The van der Waals surface area contributed by atoms with Crippen molar-refractivity contribution in [1.82, 2.24) is 0 Å². The molecule has 0 nitrogen and oxygen atoms in total. The van der Waals surface area contributed by atoms with Crippen molar-refractivity contribution in [3.63, 3.8) is 0 Å². The van der Waals surface area contributed by atoms with Gasteiger partial charge in [-0.2, -0.15) is 0 Å². The molecule has 26 heavy (non-hydrogen) atoms. The first kappa shape index (κ1) is 21.2. The predicted molar refractivity (Wildman–Crippen MR) is 115 cm³/mol. The van der Waals surface area contributed by atoms with Crippen molar-refractivity contribution < 1.29 is 0 Å². The van der Waals surface area contributed by atoms with Gasteiger partial charge in [0.1, 0.15) is 0 Å². The molecule has 2 rings (SSSR count). The molecule has 0 heterocycles. The topological polar surface area (TPSA) is 0 Å². The lowest BCUT2D eigenvalue weighted by Gasteiger charge is -2.25. The predicted octanol–water partition coefficient (Wildman–Crippen LogP) is 7.54. The van der Waals surface area contributed by atoms with Gasteiger partial charge in [-0.3, -0.25) is 0 Å². The van der Waals surface area contributed by atoms with Crippen molar-refractivity contribution in [1.29, 1.82) is 0 Å². The van der Waals surface area contributed by atoms with E-state index in [0.717, 1.165) is 11.8 Å². The lowest BCUT2D eigenvalue weighted by Crippen LogP contribution is -2.13. The molecular formula is C26H40. The number of hydrogen-bond donors (Lipinski definition) is 0.